The highest BCUT2D eigenvalue weighted by molar-refractivity contribution is 8.25. The Balaban J connectivity index is 2.25. The zero-order valence-corrected chi connectivity index (χ0v) is 14.5. The maximum absolute atomic E-state index is 13.0. The van der Waals surface area contributed by atoms with E-state index >= 15 is 0 Å². The number of ether oxygens (including phenoxy) is 1. The zero-order chi connectivity index (χ0) is 17.5. The van der Waals surface area contributed by atoms with Crippen LogP contribution >= 0.6 is 10.6 Å². The van der Waals surface area contributed by atoms with Gasteiger partial charge < -0.3 is 9.84 Å². The minimum atomic E-state index is -3.84. The molecule has 0 radical (unpaired) electrons. The Kier molecular flexibility index (Phi) is 4.35. The summed E-state index contributed by atoms with van der Waals surface area (Å²) in [5, 5.41) is 8.33. The molecule has 0 saturated heterocycles. The number of fused-ring (bicyclic) bond motifs is 1. The molecule has 2 aromatic rings. The fourth-order valence-corrected chi connectivity index (χ4v) is 7.40. The molecule has 2 aromatic carbocycles. The van der Waals surface area contributed by atoms with Crippen LogP contribution in [-0.2, 0) is 16.4 Å². The van der Waals surface area contributed by atoms with E-state index in [-0.39, 0.29) is 33.5 Å². The van der Waals surface area contributed by atoms with Crippen LogP contribution in [0.3, 0.4) is 0 Å². The summed E-state index contributed by atoms with van der Waals surface area (Å²) in [6.45, 7) is -0.340. The second kappa shape index (κ2) is 6.05. The topological polar surface area (TPSA) is 104 Å². The molecule has 8 heteroatoms. The van der Waals surface area contributed by atoms with Gasteiger partial charge in [-0.05, 0) is 18.2 Å². The molecule has 0 spiro atoms. The van der Waals surface area contributed by atoms with Crippen molar-refractivity contribution in [1.82, 2.24) is 0 Å². The number of hydrogen-bond donors (Lipinski definition) is 3. The molecule has 3 rings (SSSR count). The Morgan fingerprint density at radius 2 is 1.83 bits per heavy atom. The predicted molar refractivity (Wildman–Crippen MR) is 91.3 cm³/mol. The van der Waals surface area contributed by atoms with E-state index in [4.69, 9.17) is 4.74 Å². The van der Waals surface area contributed by atoms with Gasteiger partial charge in [0.25, 0.3) is 0 Å². The third kappa shape index (κ3) is 2.60. The fourth-order valence-electron chi connectivity index (χ4n) is 2.99. The first-order valence-electron chi connectivity index (χ1n) is 7.18. The average Bonchev–Trinajstić information content (AvgIpc) is 2.87. The summed E-state index contributed by atoms with van der Waals surface area (Å²) in [7, 11) is -5.72. The van der Waals surface area contributed by atoms with Gasteiger partial charge in [0.1, 0.15) is 11.0 Å². The van der Waals surface area contributed by atoms with Crippen LogP contribution in [0.5, 0.6) is 5.75 Å². The molecule has 24 heavy (non-hydrogen) atoms. The quantitative estimate of drug-likeness (QED) is 0.764. The fraction of sp³-hybridized carbons (Fsp3) is 0.250. The van der Waals surface area contributed by atoms with E-state index in [0.29, 0.717) is 5.56 Å². The van der Waals surface area contributed by atoms with E-state index < -0.39 is 25.7 Å². The van der Waals surface area contributed by atoms with Crippen LogP contribution in [-0.4, -0.2) is 35.5 Å². The van der Waals surface area contributed by atoms with Gasteiger partial charge in [0.2, 0.25) is 0 Å². The average molecular weight is 370 g/mol. The van der Waals surface area contributed by atoms with Crippen LogP contribution < -0.4 is 4.74 Å². The van der Waals surface area contributed by atoms with Crippen molar-refractivity contribution in [2.75, 3.05) is 12.9 Å². The van der Waals surface area contributed by atoms with Crippen LogP contribution in [0.2, 0.25) is 0 Å². The highest BCUT2D eigenvalue weighted by Crippen LogP contribution is 2.63. The summed E-state index contributed by atoms with van der Waals surface area (Å²) in [5.74, 6) is -0.123. The van der Waals surface area contributed by atoms with Crippen LogP contribution in [0, 0.1) is 0 Å². The summed E-state index contributed by atoms with van der Waals surface area (Å²) in [4.78, 5) is 0.274. The normalized spacial score (nSPS) is 20.4. The first kappa shape index (κ1) is 17.2. The largest absolute Gasteiger partial charge is 0.496 e. The Morgan fingerprint density at radius 3 is 2.42 bits per heavy atom. The number of rotatable bonds is 4. The SMILES string of the molecule is COc1c(CO)ccc2c1C(S(=O)(=O)c1ccccc1)CS2(O)O. The van der Waals surface area contributed by atoms with Crippen LogP contribution in [0.1, 0.15) is 16.4 Å². The Morgan fingerprint density at radius 1 is 1.17 bits per heavy atom. The zero-order valence-electron chi connectivity index (χ0n) is 12.9. The molecule has 0 amide bonds. The van der Waals surface area contributed by atoms with Gasteiger partial charge in [-0.3, -0.25) is 9.11 Å². The minimum absolute atomic E-state index is 0.106. The van der Waals surface area contributed by atoms with E-state index in [9.17, 15) is 22.6 Å². The number of hydrogen-bond acceptors (Lipinski definition) is 6. The molecule has 1 aliphatic rings. The van der Waals surface area contributed by atoms with Crippen molar-refractivity contribution in [3.05, 3.63) is 53.6 Å². The lowest BCUT2D eigenvalue weighted by Gasteiger charge is -2.27. The minimum Gasteiger partial charge on any atom is -0.496 e. The number of aliphatic hydroxyl groups is 1. The van der Waals surface area contributed by atoms with Gasteiger partial charge in [-0.25, -0.2) is 8.42 Å². The monoisotopic (exact) mass is 370 g/mol. The Bertz CT molecular complexity index is 862. The van der Waals surface area contributed by atoms with E-state index in [1.807, 2.05) is 0 Å². The van der Waals surface area contributed by atoms with Gasteiger partial charge >= 0.3 is 0 Å². The molecule has 0 aromatic heterocycles. The Labute approximate surface area is 142 Å². The molecule has 0 saturated carbocycles. The van der Waals surface area contributed by atoms with Crippen LogP contribution in [0.15, 0.2) is 52.3 Å². The molecule has 1 aliphatic heterocycles. The van der Waals surface area contributed by atoms with Crippen molar-refractivity contribution in [2.45, 2.75) is 21.6 Å². The summed E-state index contributed by atoms with van der Waals surface area (Å²) in [5.41, 5.74) is 0.634. The summed E-state index contributed by atoms with van der Waals surface area (Å²) in [6, 6.07) is 10.9. The molecule has 3 N–H and O–H groups in total. The molecule has 6 nitrogen and oxygen atoms in total. The highest BCUT2D eigenvalue weighted by Gasteiger charge is 2.45. The third-order valence-electron chi connectivity index (χ3n) is 4.12. The second-order valence-corrected chi connectivity index (χ2v) is 9.75. The maximum atomic E-state index is 13.0. The van der Waals surface area contributed by atoms with Gasteiger partial charge in [-0.2, -0.15) is 10.6 Å². The standard InChI is InChI=1S/C16H18O6S2/c1-22-16-11(9-17)7-8-13-15(16)14(10-23(13,18)19)24(20,21)12-5-3-2-4-6-12/h2-8,14,17-19H,9-10H2,1H3. The van der Waals surface area contributed by atoms with Crippen molar-refractivity contribution >= 4 is 20.4 Å². The third-order valence-corrected chi connectivity index (χ3v) is 8.27. The van der Waals surface area contributed by atoms with E-state index in [2.05, 4.69) is 0 Å². The lowest BCUT2D eigenvalue weighted by Crippen LogP contribution is -2.16. The lowest BCUT2D eigenvalue weighted by atomic mass is 10.1. The summed E-state index contributed by atoms with van der Waals surface area (Å²) in [6.07, 6.45) is 0. The van der Waals surface area contributed by atoms with Crippen molar-refractivity contribution in [2.24, 2.45) is 0 Å². The predicted octanol–water partition coefficient (Wildman–Crippen LogP) is 2.83. The summed E-state index contributed by atoms with van der Waals surface area (Å²) >= 11 is 0. The highest BCUT2D eigenvalue weighted by atomic mass is 32.3. The van der Waals surface area contributed by atoms with Gasteiger partial charge in [0, 0.05) is 11.1 Å². The molecular weight excluding hydrogens is 352 g/mol. The molecule has 130 valence electrons. The van der Waals surface area contributed by atoms with E-state index in [1.54, 1.807) is 18.2 Å². The molecular formula is C16H18O6S2. The lowest BCUT2D eigenvalue weighted by molar-refractivity contribution is 0.273. The first-order chi connectivity index (χ1) is 11.3. The Hall–Kier alpha value is -1.58. The first-order valence-corrected chi connectivity index (χ1v) is 10.4. The van der Waals surface area contributed by atoms with Crippen molar-refractivity contribution in [3.8, 4) is 5.75 Å². The molecule has 1 atom stereocenters. The molecule has 0 fully saturated rings. The van der Waals surface area contributed by atoms with Gasteiger partial charge in [0.15, 0.2) is 9.84 Å². The van der Waals surface area contributed by atoms with Gasteiger partial charge in [0.05, 0.1) is 29.3 Å². The number of aliphatic hydroxyl groups excluding tert-OH is 1. The van der Waals surface area contributed by atoms with Crippen LogP contribution in [0.4, 0.5) is 0 Å². The molecule has 1 unspecified atom stereocenters. The number of sulfone groups is 1. The van der Waals surface area contributed by atoms with Crippen LogP contribution in [0.25, 0.3) is 0 Å². The number of benzene rings is 2. The van der Waals surface area contributed by atoms with E-state index in [0.717, 1.165) is 0 Å². The smallest absolute Gasteiger partial charge is 0.187 e. The maximum Gasteiger partial charge on any atom is 0.187 e. The molecule has 1 heterocycles. The summed E-state index contributed by atoms with van der Waals surface area (Å²) < 4.78 is 52.1. The van der Waals surface area contributed by atoms with Gasteiger partial charge in [-0.15, -0.1) is 0 Å². The van der Waals surface area contributed by atoms with Crippen molar-refractivity contribution in [1.29, 1.82) is 0 Å². The van der Waals surface area contributed by atoms with Crippen molar-refractivity contribution in [3.63, 3.8) is 0 Å². The molecule has 0 bridgehead atoms. The van der Waals surface area contributed by atoms with Crippen molar-refractivity contribution < 1.29 is 27.4 Å². The van der Waals surface area contributed by atoms with E-state index in [1.165, 1.54) is 31.4 Å². The number of methoxy groups -OCH3 is 1. The molecule has 0 aliphatic carbocycles. The van der Waals surface area contributed by atoms with Gasteiger partial charge in [-0.1, -0.05) is 24.3 Å². The second-order valence-electron chi connectivity index (χ2n) is 5.51.